The molecule has 0 saturated heterocycles. The third-order valence-electron chi connectivity index (χ3n) is 1.89. The van der Waals surface area contributed by atoms with Gasteiger partial charge in [-0.15, -0.1) is 0 Å². The molecule has 0 unspecified atom stereocenters. The molecule has 0 radical (unpaired) electrons. The Morgan fingerprint density at radius 2 is 2.33 bits per heavy atom. The minimum absolute atomic E-state index is 0.213. The molecule has 9 heteroatoms. The van der Waals surface area contributed by atoms with Gasteiger partial charge in [-0.2, -0.15) is 5.10 Å². The van der Waals surface area contributed by atoms with Crippen LogP contribution in [0.1, 0.15) is 5.56 Å². The van der Waals surface area contributed by atoms with Gasteiger partial charge in [0.2, 0.25) is 0 Å². The van der Waals surface area contributed by atoms with Crippen LogP contribution in [0.4, 0.5) is 5.69 Å². The first kappa shape index (κ1) is 14.3. The summed E-state index contributed by atoms with van der Waals surface area (Å²) in [5.41, 5.74) is 2.60. The number of phenolic OH excluding ortho intramolecular Hbond substituents is 1. The number of benzene rings is 1. The van der Waals surface area contributed by atoms with Crippen LogP contribution in [0.15, 0.2) is 21.7 Å². The van der Waals surface area contributed by atoms with Crippen molar-refractivity contribution < 1.29 is 10.0 Å². The Bertz CT molecular complexity index is 498. The standard InChI is InChI=1S/C9H9BrN4O3S/c1-11-9(18)13-12-4-6-7(10)2-5(14(16)17)3-8(6)15/h2-4,15H,1H3,(H2,11,13,18)/b12-4+. The van der Waals surface area contributed by atoms with Gasteiger partial charge in [-0.3, -0.25) is 15.5 Å². The summed E-state index contributed by atoms with van der Waals surface area (Å²) in [7, 11) is 1.63. The number of hydrogen-bond donors (Lipinski definition) is 3. The zero-order chi connectivity index (χ0) is 13.7. The Morgan fingerprint density at radius 3 is 2.83 bits per heavy atom. The number of phenols is 1. The molecule has 96 valence electrons. The van der Waals surface area contributed by atoms with Gasteiger partial charge in [-0.1, -0.05) is 0 Å². The van der Waals surface area contributed by atoms with Crippen molar-refractivity contribution in [3.63, 3.8) is 0 Å². The van der Waals surface area contributed by atoms with Gasteiger partial charge in [0.25, 0.3) is 5.69 Å². The number of rotatable bonds is 3. The van der Waals surface area contributed by atoms with E-state index in [1.165, 1.54) is 12.3 Å². The minimum atomic E-state index is -0.597. The number of hydrazone groups is 1. The van der Waals surface area contributed by atoms with Crippen LogP contribution < -0.4 is 10.7 Å². The Kier molecular flexibility index (Phi) is 4.98. The lowest BCUT2D eigenvalue weighted by Gasteiger charge is -2.03. The predicted molar refractivity (Wildman–Crippen MR) is 74.8 cm³/mol. The lowest BCUT2D eigenvalue weighted by molar-refractivity contribution is -0.385. The van der Waals surface area contributed by atoms with Crippen molar-refractivity contribution in [2.45, 2.75) is 0 Å². The van der Waals surface area contributed by atoms with Crippen LogP contribution in [0.25, 0.3) is 0 Å². The predicted octanol–water partition coefficient (Wildman–Crippen LogP) is 1.49. The molecule has 0 atom stereocenters. The number of hydrogen-bond acceptors (Lipinski definition) is 5. The first-order valence-corrected chi connectivity index (χ1v) is 5.83. The van der Waals surface area contributed by atoms with Crippen LogP contribution in [-0.2, 0) is 0 Å². The summed E-state index contributed by atoms with van der Waals surface area (Å²) in [6.07, 6.45) is 1.30. The van der Waals surface area contributed by atoms with Crippen LogP contribution >= 0.6 is 28.1 Å². The molecule has 0 spiro atoms. The van der Waals surface area contributed by atoms with Gasteiger partial charge in [0.05, 0.1) is 22.8 Å². The molecule has 1 rings (SSSR count). The Balaban J connectivity index is 2.97. The van der Waals surface area contributed by atoms with Gasteiger partial charge in [0, 0.05) is 17.6 Å². The van der Waals surface area contributed by atoms with E-state index in [0.717, 1.165) is 6.07 Å². The first-order valence-electron chi connectivity index (χ1n) is 4.63. The van der Waals surface area contributed by atoms with E-state index in [-0.39, 0.29) is 11.4 Å². The van der Waals surface area contributed by atoms with Gasteiger partial charge in [-0.05, 0) is 28.1 Å². The molecule has 0 fully saturated rings. The zero-order valence-electron chi connectivity index (χ0n) is 9.18. The summed E-state index contributed by atoms with van der Waals surface area (Å²) in [4.78, 5) is 9.96. The maximum Gasteiger partial charge on any atom is 0.274 e. The lowest BCUT2D eigenvalue weighted by atomic mass is 10.2. The number of non-ortho nitro benzene ring substituents is 1. The molecule has 7 nitrogen and oxygen atoms in total. The van der Waals surface area contributed by atoms with Gasteiger partial charge in [0.15, 0.2) is 5.11 Å². The highest BCUT2D eigenvalue weighted by Crippen LogP contribution is 2.30. The van der Waals surface area contributed by atoms with E-state index in [4.69, 9.17) is 12.2 Å². The molecule has 0 aliphatic heterocycles. The van der Waals surface area contributed by atoms with Gasteiger partial charge < -0.3 is 10.4 Å². The molecule has 0 bridgehead atoms. The van der Waals surface area contributed by atoms with Crippen molar-refractivity contribution in [3.05, 3.63) is 32.3 Å². The second-order valence-corrected chi connectivity index (χ2v) is 4.33. The first-order chi connectivity index (χ1) is 8.45. The van der Waals surface area contributed by atoms with Crippen molar-refractivity contribution in [1.29, 1.82) is 0 Å². The van der Waals surface area contributed by atoms with Gasteiger partial charge in [-0.25, -0.2) is 0 Å². The Morgan fingerprint density at radius 1 is 1.67 bits per heavy atom. The number of nitrogens with zero attached hydrogens (tertiary/aromatic N) is 2. The summed E-state index contributed by atoms with van der Waals surface area (Å²) >= 11 is 7.91. The fraction of sp³-hybridized carbons (Fsp3) is 0.111. The van der Waals surface area contributed by atoms with E-state index in [0.29, 0.717) is 15.1 Å². The maximum atomic E-state index is 10.6. The van der Waals surface area contributed by atoms with Crippen molar-refractivity contribution >= 4 is 45.2 Å². The number of nitrogens with one attached hydrogen (secondary N) is 2. The molecule has 0 saturated carbocycles. The van der Waals surface area contributed by atoms with Crippen LogP contribution in [-0.4, -0.2) is 28.4 Å². The average molecular weight is 333 g/mol. The van der Waals surface area contributed by atoms with Crippen LogP contribution in [0.2, 0.25) is 0 Å². The van der Waals surface area contributed by atoms with E-state index < -0.39 is 4.92 Å². The van der Waals surface area contributed by atoms with E-state index in [2.05, 4.69) is 31.8 Å². The second-order valence-electron chi connectivity index (χ2n) is 3.07. The number of nitro benzene ring substituents is 1. The van der Waals surface area contributed by atoms with Gasteiger partial charge in [0.1, 0.15) is 5.75 Å². The highest BCUT2D eigenvalue weighted by Gasteiger charge is 2.13. The molecule has 3 N–H and O–H groups in total. The summed E-state index contributed by atoms with van der Waals surface area (Å²) in [5.74, 6) is -0.253. The number of aromatic hydroxyl groups is 1. The topological polar surface area (TPSA) is 99.8 Å². The van der Waals surface area contributed by atoms with Crippen LogP contribution in [0.5, 0.6) is 5.75 Å². The molecular weight excluding hydrogens is 324 g/mol. The van der Waals surface area contributed by atoms with Crippen molar-refractivity contribution in [2.24, 2.45) is 5.10 Å². The highest BCUT2D eigenvalue weighted by molar-refractivity contribution is 9.10. The van der Waals surface area contributed by atoms with Crippen molar-refractivity contribution in [2.75, 3.05) is 7.05 Å². The fourth-order valence-electron chi connectivity index (χ4n) is 1.03. The third-order valence-corrected chi connectivity index (χ3v) is 2.84. The van der Waals surface area contributed by atoms with E-state index in [1.807, 2.05) is 0 Å². The Hall–Kier alpha value is -1.74. The fourth-order valence-corrected chi connectivity index (χ4v) is 1.63. The molecule has 18 heavy (non-hydrogen) atoms. The van der Waals surface area contributed by atoms with E-state index in [1.54, 1.807) is 7.05 Å². The van der Waals surface area contributed by atoms with E-state index in [9.17, 15) is 15.2 Å². The largest absolute Gasteiger partial charge is 0.507 e. The number of halogens is 1. The summed E-state index contributed by atoms with van der Waals surface area (Å²) in [5, 5.41) is 26.9. The SMILES string of the molecule is CNC(=S)N/N=C/c1c(O)cc([N+](=O)[O-])cc1Br. The third kappa shape index (κ3) is 3.64. The lowest BCUT2D eigenvalue weighted by Crippen LogP contribution is -2.28. The monoisotopic (exact) mass is 332 g/mol. The molecular formula is C9H9BrN4O3S. The number of thiocarbonyl (C=S) groups is 1. The molecule has 0 amide bonds. The molecule has 0 heterocycles. The summed E-state index contributed by atoms with van der Waals surface area (Å²) < 4.78 is 0.357. The molecule has 1 aromatic rings. The quantitative estimate of drug-likeness (QED) is 0.335. The smallest absolute Gasteiger partial charge is 0.274 e. The molecule has 0 aromatic heterocycles. The second kappa shape index (κ2) is 6.26. The zero-order valence-corrected chi connectivity index (χ0v) is 11.6. The summed E-state index contributed by atoms with van der Waals surface area (Å²) in [6.45, 7) is 0. The van der Waals surface area contributed by atoms with Crippen molar-refractivity contribution in [3.8, 4) is 5.75 Å². The van der Waals surface area contributed by atoms with Crippen LogP contribution in [0.3, 0.4) is 0 Å². The van der Waals surface area contributed by atoms with Gasteiger partial charge >= 0.3 is 0 Å². The average Bonchev–Trinajstić information content (AvgIpc) is 2.31. The molecule has 0 aliphatic rings. The minimum Gasteiger partial charge on any atom is -0.507 e. The normalized spacial score (nSPS) is 10.3. The van der Waals surface area contributed by atoms with Crippen LogP contribution in [0, 0.1) is 10.1 Å². The number of nitro groups is 1. The Labute approximate surface area is 116 Å². The molecule has 1 aromatic carbocycles. The van der Waals surface area contributed by atoms with E-state index >= 15 is 0 Å². The summed E-state index contributed by atoms with van der Waals surface area (Å²) in [6, 6.07) is 2.32. The maximum absolute atomic E-state index is 10.6. The van der Waals surface area contributed by atoms with Crippen molar-refractivity contribution in [1.82, 2.24) is 10.7 Å². The molecule has 0 aliphatic carbocycles. The highest BCUT2D eigenvalue weighted by atomic mass is 79.9.